The minimum Gasteiger partial charge on any atom is -0.461 e. The van der Waals surface area contributed by atoms with Crippen molar-refractivity contribution in [3.05, 3.63) is 115 Å². The monoisotopic (exact) mass is 1200 g/mol. The number of fused-ring (bicyclic) bond motifs is 2. The third-order valence-corrected chi connectivity index (χ3v) is 15.7. The topological polar surface area (TPSA) is 358 Å². The van der Waals surface area contributed by atoms with Gasteiger partial charge in [-0.05, 0) is 69.2 Å². The van der Waals surface area contributed by atoms with Crippen LogP contribution in [-0.4, -0.2) is 210 Å². The second kappa shape index (κ2) is 35.6. The van der Waals surface area contributed by atoms with Crippen molar-refractivity contribution in [1.29, 1.82) is 0 Å². The van der Waals surface area contributed by atoms with Crippen molar-refractivity contribution in [1.82, 2.24) is 4.90 Å². The van der Waals surface area contributed by atoms with Crippen LogP contribution >= 0.6 is 0 Å². The van der Waals surface area contributed by atoms with Gasteiger partial charge in [0.15, 0.2) is 17.9 Å². The summed E-state index contributed by atoms with van der Waals surface area (Å²) in [6.45, 7) is 6.24. The Morgan fingerprint density at radius 1 is 0.729 bits per heavy atom. The first-order chi connectivity index (χ1) is 40.4. The van der Waals surface area contributed by atoms with Crippen LogP contribution in [0.4, 0.5) is 5.69 Å². The van der Waals surface area contributed by atoms with Crippen LogP contribution < -0.4 is 11.1 Å². The number of hydrogen-bond donors (Lipinski definition) is 12. The fraction of sp³-hybridized carbons (Fsp3) is 0.619. The Bertz CT molecular complexity index is 2440. The predicted molar refractivity (Wildman–Crippen MR) is 315 cm³/mol. The molecule has 13 N–H and O–H groups in total. The van der Waals surface area contributed by atoms with E-state index >= 15 is 0 Å². The molecule has 4 aliphatic heterocycles. The number of nitrogens with one attached hydrogen (secondary N) is 1. The van der Waals surface area contributed by atoms with Crippen molar-refractivity contribution in [2.75, 3.05) is 38.7 Å². The average Bonchev–Trinajstić information content (AvgIpc) is 1.91. The number of ketones is 2. The lowest BCUT2D eigenvalue weighted by atomic mass is 9.81. The largest absolute Gasteiger partial charge is 0.461 e. The van der Waals surface area contributed by atoms with Crippen LogP contribution in [0.5, 0.6) is 0 Å². The Hall–Kier alpha value is -5.12. The minimum atomic E-state index is -2.28. The third-order valence-electron chi connectivity index (χ3n) is 15.7. The molecule has 4 aliphatic rings. The summed E-state index contributed by atoms with van der Waals surface area (Å²) in [5.74, 6) is -6.32. The lowest BCUT2D eigenvalue weighted by molar-refractivity contribution is -0.308. The maximum Gasteiger partial charge on any atom is 0.308 e. The summed E-state index contributed by atoms with van der Waals surface area (Å²) in [5.41, 5.74) is 7.45. The van der Waals surface area contributed by atoms with Crippen molar-refractivity contribution in [3.8, 4) is 0 Å². The molecule has 85 heavy (non-hydrogen) atoms. The zero-order chi connectivity index (χ0) is 62.2. The van der Waals surface area contributed by atoms with Gasteiger partial charge in [-0.15, -0.1) is 0 Å². The highest BCUT2D eigenvalue weighted by molar-refractivity contribution is 5.96. The van der Waals surface area contributed by atoms with Crippen molar-refractivity contribution in [2.45, 2.75) is 195 Å². The van der Waals surface area contributed by atoms with E-state index in [4.69, 9.17) is 29.4 Å². The highest BCUT2D eigenvalue weighted by Crippen LogP contribution is 2.39. The third kappa shape index (κ3) is 23.8. The lowest BCUT2D eigenvalue weighted by Gasteiger charge is -2.47. The average molecular weight is 1200 g/mol. The molecule has 0 aliphatic carbocycles. The SMILES string of the molecule is CNc1ccc(C(=O)CC(O)CCC(C)C2OC(=O)CC(O)CC(=O)CC(O)CC(O)CC(O)CC(O)CC3(O)CC(O)C(C(=O)N4CCOCC4)C(CC(O[C@@H]4O[C@H](C)[C@@H](O)[C@H](N)[C@@H]4O)/C=C/C=C/C=C/C=C\C=C/C=C/C=C/C2C)O3)cc1. The van der Waals surface area contributed by atoms with Crippen molar-refractivity contribution in [2.24, 2.45) is 23.5 Å². The predicted octanol–water partition coefficient (Wildman–Crippen LogP) is 2.52. The van der Waals surface area contributed by atoms with Crippen LogP contribution in [0.2, 0.25) is 0 Å². The van der Waals surface area contributed by atoms with Crippen molar-refractivity contribution in [3.63, 3.8) is 0 Å². The summed E-state index contributed by atoms with van der Waals surface area (Å²) in [5, 5.41) is 114. The number of hydrogen-bond acceptors (Lipinski definition) is 21. The zero-order valence-corrected chi connectivity index (χ0v) is 49.3. The minimum absolute atomic E-state index is 0.102. The summed E-state index contributed by atoms with van der Waals surface area (Å²) < 4.78 is 29.8. The second-order valence-corrected chi connectivity index (χ2v) is 23.0. The molecule has 2 bridgehead atoms. The van der Waals surface area contributed by atoms with Gasteiger partial charge in [0.05, 0.1) is 98.7 Å². The van der Waals surface area contributed by atoms with E-state index in [1.54, 1.807) is 117 Å². The molecule has 1 aromatic carbocycles. The van der Waals surface area contributed by atoms with Gasteiger partial charge >= 0.3 is 5.97 Å². The Kier molecular flexibility index (Phi) is 29.6. The highest BCUT2D eigenvalue weighted by atomic mass is 16.7. The van der Waals surface area contributed by atoms with Gasteiger partial charge in [0, 0.05) is 75.8 Å². The van der Waals surface area contributed by atoms with Crippen LogP contribution in [0.25, 0.3) is 0 Å². The van der Waals surface area contributed by atoms with Crippen molar-refractivity contribution < 1.29 is 93.9 Å². The molecule has 5 rings (SSSR count). The molecular formula is C63H93N3O19. The fourth-order valence-electron chi connectivity index (χ4n) is 11.1. The van der Waals surface area contributed by atoms with E-state index in [2.05, 4.69) is 5.32 Å². The number of esters is 1. The Morgan fingerprint density at radius 3 is 1.91 bits per heavy atom. The van der Waals surface area contributed by atoms with Gasteiger partial charge in [0.1, 0.15) is 18.0 Å². The number of Topliss-reactive ketones (excluding diaryl/α,β-unsaturated/α-hetero) is 2. The number of allylic oxidation sites excluding steroid dienone is 12. The van der Waals surface area contributed by atoms with Crippen LogP contribution in [-0.2, 0) is 38.1 Å². The molecule has 474 valence electrons. The number of carbonyl (C=O) groups is 4. The Balaban J connectivity index is 1.35. The Morgan fingerprint density at radius 2 is 1.29 bits per heavy atom. The van der Waals surface area contributed by atoms with E-state index in [1.807, 2.05) is 19.9 Å². The molecule has 22 nitrogen and oxygen atoms in total. The van der Waals surface area contributed by atoms with E-state index in [0.717, 1.165) is 5.69 Å². The number of anilines is 1. The second-order valence-electron chi connectivity index (χ2n) is 23.0. The van der Waals surface area contributed by atoms with Gasteiger partial charge in [-0.25, -0.2) is 0 Å². The summed E-state index contributed by atoms with van der Waals surface area (Å²) in [4.78, 5) is 55.1. The quantitative estimate of drug-likeness (QED) is 0.112. The summed E-state index contributed by atoms with van der Waals surface area (Å²) in [6, 6.07) is 5.78. The van der Waals surface area contributed by atoms with Gasteiger partial charge in [-0.3, -0.25) is 19.2 Å². The Labute approximate surface area is 498 Å². The number of ether oxygens (including phenoxy) is 5. The smallest absolute Gasteiger partial charge is 0.308 e. The standard InChI is InChI=1S/C63H93N3O19/c1-39-17-15-13-11-9-7-5-6-8-10-12-14-16-18-51(83-62-59(78)57(64)58(77)41(3)82-62)36-54-56(61(79)66-25-27-81-28-26-66)53(75)38-63(80,85-54)37-50(73)33-48(71)31-46(69)29-45(68)30-47(70)32-49(72)35-55(76)84-60(39)40(2)19-24-44(67)34-52(74)42-20-22-43(65-4)23-21-42/h5-18,20-23,39-41,44-46,48-51,53-54,56-60,62,65,67-69,71-73,75,77-78,80H,19,24-38,64H2,1-4H3/b6-5-,9-7-,10-8+,13-11+,14-12+,17-15+,18-16+/t39?,40?,41-,44?,45?,46?,48?,49?,50?,51?,53?,54?,56?,57+,58-,59+,60?,62+,63?/m1/s1. The fourth-order valence-corrected chi connectivity index (χ4v) is 11.1. The molecule has 22 heteroatoms. The number of nitrogens with zero attached hydrogens (tertiary/aromatic N) is 1. The molecule has 3 saturated heterocycles. The molecule has 4 heterocycles. The van der Waals surface area contributed by atoms with E-state index in [-0.39, 0.29) is 76.0 Å². The van der Waals surface area contributed by atoms with Crippen LogP contribution in [0.1, 0.15) is 108 Å². The number of nitrogens with two attached hydrogens (primary N) is 1. The lowest BCUT2D eigenvalue weighted by Crippen LogP contribution is -2.62. The summed E-state index contributed by atoms with van der Waals surface area (Å²) >= 11 is 0. The van der Waals surface area contributed by atoms with Gasteiger partial charge in [0.2, 0.25) is 5.91 Å². The van der Waals surface area contributed by atoms with Crippen LogP contribution in [0.3, 0.4) is 0 Å². The first-order valence-electron chi connectivity index (χ1n) is 29.6. The maximum atomic E-state index is 14.2. The zero-order valence-electron chi connectivity index (χ0n) is 49.3. The molecule has 3 fully saturated rings. The molecule has 0 radical (unpaired) electrons. The van der Waals surface area contributed by atoms with Gasteiger partial charge < -0.3 is 90.7 Å². The number of aliphatic hydroxyl groups is 10. The number of morpholine rings is 1. The number of aliphatic hydroxyl groups excluding tert-OH is 9. The molecular weight excluding hydrogens is 1100 g/mol. The van der Waals surface area contributed by atoms with E-state index in [0.29, 0.717) is 12.0 Å². The van der Waals surface area contributed by atoms with E-state index in [9.17, 15) is 70.2 Å². The van der Waals surface area contributed by atoms with Gasteiger partial charge in [0.25, 0.3) is 0 Å². The normalized spacial score (nSPS) is 37.6. The summed E-state index contributed by atoms with van der Waals surface area (Å²) in [7, 11) is 1.77. The van der Waals surface area contributed by atoms with E-state index in [1.165, 1.54) is 4.90 Å². The number of amides is 1. The number of carbonyl (C=O) groups excluding carboxylic acids is 4. The first-order valence-corrected chi connectivity index (χ1v) is 29.6. The molecule has 0 saturated carbocycles. The molecule has 19 atom stereocenters. The van der Waals surface area contributed by atoms with Crippen LogP contribution in [0.15, 0.2) is 109 Å². The van der Waals surface area contributed by atoms with Crippen molar-refractivity contribution >= 4 is 29.1 Å². The first kappa shape index (κ1) is 70.6. The molecule has 1 aromatic rings. The maximum absolute atomic E-state index is 14.2. The van der Waals surface area contributed by atoms with Gasteiger partial charge in [-0.1, -0.05) is 98.9 Å². The number of benzene rings is 1. The molecule has 0 aromatic heterocycles. The number of cyclic esters (lactones) is 1. The van der Waals surface area contributed by atoms with Gasteiger partial charge in [-0.2, -0.15) is 0 Å². The number of rotatable bonds is 11. The highest BCUT2D eigenvalue weighted by Gasteiger charge is 2.52. The van der Waals surface area contributed by atoms with E-state index < -0.39 is 160 Å². The van der Waals surface area contributed by atoms with Crippen LogP contribution in [0, 0.1) is 17.8 Å². The summed E-state index contributed by atoms with van der Waals surface area (Å²) in [6.07, 6.45) is 3.42. The molecule has 1 amide bonds. The molecule has 14 unspecified atom stereocenters. The molecule has 0 spiro atoms.